The standard InChI is InChI=1S/C23H26BrN9O5/c1-12(24)20(35)29-19-9-17(33(4)30-19)23(38)28-14-8-16(32(3)11-14)22(37)27-13-7-15(31(2)10-13)21(36)26-6-5-18(25)34/h7-11H,1,5-6H2,2-4H3,(H2,25,34)(H,26,36)(H,27,37)(H,28,38)(H,29,30,35). The van der Waals surface area contributed by atoms with Crippen molar-refractivity contribution in [3.05, 3.63) is 58.7 Å². The third kappa shape index (κ3) is 6.76. The van der Waals surface area contributed by atoms with E-state index in [4.69, 9.17) is 5.73 Å². The second-order valence-electron chi connectivity index (χ2n) is 8.23. The van der Waals surface area contributed by atoms with Gasteiger partial charge in [-0.1, -0.05) is 6.58 Å². The van der Waals surface area contributed by atoms with Crippen LogP contribution in [0.3, 0.4) is 0 Å². The molecule has 0 aliphatic carbocycles. The molecule has 38 heavy (non-hydrogen) atoms. The highest BCUT2D eigenvalue weighted by molar-refractivity contribution is 9.12. The van der Waals surface area contributed by atoms with E-state index in [0.717, 1.165) is 0 Å². The van der Waals surface area contributed by atoms with E-state index in [0.29, 0.717) is 11.4 Å². The van der Waals surface area contributed by atoms with Crippen LogP contribution in [0.25, 0.3) is 0 Å². The average Bonchev–Trinajstić information content (AvgIpc) is 3.49. The first-order chi connectivity index (χ1) is 17.8. The summed E-state index contributed by atoms with van der Waals surface area (Å²) in [5.41, 5.74) is 6.49. The first-order valence-electron chi connectivity index (χ1n) is 11.1. The van der Waals surface area contributed by atoms with Crippen LogP contribution in [-0.2, 0) is 30.7 Å². The van der Waals surface area contributed by atoms with E-state index in [9.17, 15) is 24.0 Å². The molecular formula is C23H26BrN9O5. The van der Waals surface area contributed by atoms with Crippen LogP contribution in [0.1, 0.15) is 37.9 Å². The number of hydrogen-bond acceptors (Lipinski definition) is 6. The van der Waals surface area contributed by atoms with Gasteiger partial charge in [0.1, 0.15) is 17.1 Å². The van der Waals surface area contributed by atoms with Crippen LogP contribution in [0.4, 0.5) is 17.2 Å². The van der Waals surface area contributed by atoms with Crippen molar-refractivity contribution < 1.29 is 24.0 Å². The SMILES string of the molecule is C=C(Br)C(=O)Nc1cc(C(=O)Nc2cc(C(=O)Nc3cc(C(=O)NCCC(N)=O)n(C)c3)n(C)c2)n(C)n1. The zero-order valence-electron chi connectivity index (χ0n) is 20.8. The number of aryl methyl sites for hydroxylation is 3. The molecule has 0 saturated heterocycles. The molecule has 5 amide bonds. The van der Waals surface area contributed by atoms with E-state index in [1.54, 1.807) is 33.5 Å². The van der Waals surface area contributed by atoms with E-state index >= 15 is 0 Å². The number of carbonyl (C=O) groups is 5. The molecule has 0 aliphatic heterocycles. The van der Waals surface area contributed by atoms with Crippen molar-refractivity contribution in [2.45, 2.75) is 6.42 Å². The number of primary amides is 1. The summed E-state index contributed by atoms with van der Waals surface area (Å²) in [7, 11) is 4.82. The van der Waals surface area contributed by atoms with Gasteiger partial charge < -0.3 is 36.1 Å². The number of nitrogens with one attached hydrogen (secondary N) is 4. The van der Waals surface area contributed by atoms with Gasteiger partial charge in [0.2, 0.25) is 5.91 Å². The number of aromatic nitrogens is 4. The maximum Gasteiger partial charge on any atom is 0.274 e. The zero-order valence-corrected chi connectivity index (χ0v) is 22.4. The summed E-state index contributed by atoms with van der Waals surface area (Å²) in [4.78, 5) is 60.6. The molecule has 3 aromatic heterocycles. The first-order valence-corrected chi connectivity index (χ1v) is 11.9. The topological polar surface area (TPSA) is 187 Å². The molecule has 6 N–H and O–H groups in total. The van der Waals surface area contributed by atoms with Crippen LogP contribution in [0.5, 0.6) is 0 Å². The number of nitrogens with zero attached hydrogens (tertiary/aromatic N) is 4. The summed E-state index contributed by atoms with van der Waals surface area (Å²) in [5.74, 6) is -2.26. The van der Waals surface area contributed by atoms with Gasteiger partial charge in [-0.3, -0.25) is 28.7 Å². The van der Waals surface area contributed by atoms with E-state index < -0.39 is 29.5 Å². The molecule has 0 aliphatic rings. The molecule has 0 spiro atoms. The van der Waals surface area contributed by atoms with Gasteiger partial charge in [0, 0.05) is 52.6 Å². The maximum atomic E-state index is 12.9. The average molecular weight is 588 g/mol. The lowest BCUT2D eigenvalue weighted by Gasteiger charge is -2.04. The molecule has 0 aromatic carbocycles. The van der Waals surface area contributed by atoms with Gasteiger partial charge in [-0.05, 0) is 28.1 Å². The first kappa shape index (κ1) is 27.9. The van der Waals surface area contributed by atoms with Crippen LogP contribution < -0.4 is 27.0 Å². The monoisotopic (exact) mass is 587 g/mol. The highest BCUT2D eigenvalue weighted by atomic mass is 79.9. The smallest absolute Gasteiger partial charge is 0.274 e. The predicted molar refractivity (Wildman–Crippen MR) is 143 cm³/mol. The van der Waals surface area contributed by atoms with Crippen LogP contribution >= 0.6 is 15.9 Å². The molecule has 0 unspecified atom stereocenters. The highest BCUT2D eigenvalue weighted by Crippen LogP contribution is 2.19. The minimum Gasteiger partial charge on any atom is -0.370 e. The normalized spacial score (nSPS) is 10.5. The lowest BCUT2D eigenvalue weighted by Crippen LogP contribution is -2.29. The quantitative estimate of drug-likeness (QED) is 0.220. The molecule has 0 atom stereocenters. The Morgan fingerprint density at radius 2 is 1.39 bits per heavy atom. The van der Waals surface area contributed by atoms with Gasteiger partial charge in [-0.2, -0.15) is 5.10 Å². The summed E-state index contributed by atoms with van der Waals surface area (Å²) in [6.45, 7) is 3.57. The number of carbonyl (C=O) groups excluding carboxylic acids is 5. The number of rotatable bonds is 10. The third-order valence-electron chi connectivity index (χ3n) is 5.25. The van der Waals surface area contributed by atoms with Crippen molar-refractivity contribution in [2.75, 3.05) is 22.5 Å². The molecule has 0 bridgehead atoms. The minimum atomic E-state index is -0.529. The Balaban J connectivity index is 1.66. The van der Waals surface area contributed by atoms with Gasteiger partial charge in [0.05, 0.1) is 15.9 Å². The van der Waals surface area contributed by atoms with Crippen molar-refractivity contribution >= 4 is 62.7 Å². The van der Waals surface area contributed by atoms with Crippen molar-refractivity contribution in [1.29, 1.82) is 0 Å². The molecule has 14 nitrogen and oxygen atoms in total. The molecule has 0 radical (unpaired) electrons. The lowest BCUT2D eigenvalue weighted by molar-refractivity contribution is -0.118. The Kier molecular flexibility index (Phi) is 8.52. The van der Waals surface area contributed by atoms with Gasteiger partial charge in [-0.25, -0.2) is 0 Å². The van der Waals surface area contributed by atoms with Gasteiger partial charge in [0.15, 0.2) is 5.82 Å². The molecule has 15 heteroatoms. The maximum absolute atomic E-state index is 12.9. The second-order valence-corrected chi connectivity index (χ2v) is 9.18. The van der Waals surface area contributed by atoms with Crippen LogP contribution in [0.2, 0.25) is 0 Å². The number of anilines is 3. The van der Waals surface area contributed by atoms with Crippen LogP contribution in [0, 0.1) is 0 Å². The molecule has 3 rings (SSSR count). The molecular weight excluding hydrogens is 562 g/mol. The van der Waals surface area contributed by atoms with Crippen LogP contribution in [0.15, 0.2) is 41.7 Å². The minimum absolute atomic E-state index is 0.0116. The largest absolute Gasteiger partial charge is 0.370 e. The Bertz CT molecular complexity index is 1450. The van der Waals surface area contributed by atoms with Crippen molar-refractivity contribution in [2.24, 2.45) is 26.9 Å². The van der Waals surface area contributed by atoms with Crippen molar-refractivity contribution in [1.82, 2.24) is 24.2 Å². The zero-order chi connectivity index (χ0) is 28.1. The lowest BCUT2D eigenvalue weighted by atomic mass is 10.3. The van der Waals surface area contributed by atoms with Gasteiger partial charge in [0.25, 0.3) is 23.6 Å². The predicted octanol–water partition coefficient (Wildman–Crippen LogP) is 1.05. The third-order valence-corrected chi connectivity index (χ3v) is 5.61. The van der Waals surface area contributed by atoms with E-state index in [2.05, 4.69) is 48.9 Å². The summed E-state index contributed by atoms with van der Waals surface area (Å²) >= 11 is 2.97. The highest BCUT2D eigenvalue weighted by Gasteiger charge is 2.19. The van der Waals surface area contributed by atoms with Crippen molar-refractivity contribution in [3.8, 4) is 0 Å². The fraction of sp³-hybridized carbons (Fsp3) is 0.217. The molecule has 200 valence electrons. The fourth-order valence-electron chi connectivity index (χ4n) is 3.42. The Morgan fingerprint density at radius 1 is 0.868 bits per heavy atom. The Hall–Kier alpha value is -4.66. The number of nitrogens with two attached hydrogens (primary N) is 1. The molecule has 3 heterocycles. The van der Waals surface area contributed by atoms with Gasteiger partial charge in [-0.15, -0.1) is 0 Å². The van der Waals surface area contributed by atoms with Gasteiger partial charge >= 0.3 is 0 Å². The van der Waals surface area contributed by atoms with E-state index in [-0.39, 0.29) is 40.3 Å². The molecule has 0 fully saturated rings. The molecule has 3 aromatic rings. The number of halogens is 1. The van der Waals surface area contributed by atoms with E-state index in [1.165, 1.54) is 32.0 Å². The summed E-state index contributed by atoms with van der Waals surface area (Å²) < 4.78 is 4.47. The summed E-state index contributed by atoms with van der Waals surface area (Å²) in [6.07, 6.45) is 3.14. The number of hydrogen-bond donors (Lipinski definition) is 5. The summed E-state index contributed by atoms with van der Waals surface area (Å²) in [6, 6.07) is 4.38. The van der Waals surface area contributed by atoms with Crippen molar-refractivity contribution in [3.63, 3.8) is 0 Å². The van der Waals surface area contributed by atoms with Crippen LogP contribution in [-0.4, -0.2) is 55.0 Å². The Labute approximate surface area is 225 Å². The van der Waals surface area contributed by atoms with E-state index in [1.807, 2.05) is 0 Å². The Morgan fingerprint density at radius 3 is 1.92 bits per heavy atom. The fourth-order valence-corrected chi connectivity index (χ4v) is 3.52. The summed E-state index contributed by atoms with van der Waals surface area (Å²) in [5, 5.41) is 14.6. The molecule has 0 saturated carbocycles. The second kappa shape index (κ2) is 11.6. The number of amides is 5.